The van der Waals surface area contributed by atoms with Crippen LogP contribution in [-0.4, -0.2) is 28.8 Å². The molecule has 0 radical (unpaired) electrons. The van der Waals surface area contributed by atoms with Crippen molar-refractivity contribution in [1.29, 1.82) is 0 Å². The monoisotopic (exact) mass is 258 g/mol. The maximum absolute atomic E-state index is 10.4. The first-order chi connectivity index (χ1) is 9.29. The largest absolute Gasteiger partial charge is 0.493 e. The molecule has 3 rings (SSSR count). The van der Waals surface area contributed by atoms with Gasteiger partial charge >= 0.3 is 0 Å². The van der Waals surface area contributed by atoms with E-state index in [4.69, 9.17) is 9.47 Å². The van der Waals surface area contributed by atoms with Crippen molar-refractivity contribution in [3.8, 4) is 11.6 Å². The lowest BCUT2D eigenvalue weighted by atomic mass is 10.0. The molecule has 1 aromatic carbocycles. The Morgan fingerprint density at radius 1 is 1.32 bits per heavy atom. The molecule has 2 aromatic rings. The van der Waals surface area contributed by atoms with Crippen LogP contribution < -0.4 is 9.47 Å². The summed E-state index contributed by atoms with van der Waals surface area (Å²) >= 11 is 0. The first kappa shape index (κ1) is 11.9. The van der Waals surface area contributed by atoms with Gasteiger partial charge < -0.3 is 14.6 Å². The zero-order chi connectivity index (χ0) is 13.2. The number of hydrogen-bond donors (Lipinski definition) is 1. The van der Waals surface area contributed by atoms with E-state index in [1.165, 1.54) is 19.5 Å². The molecule has 1 atom stereocenters. The van der Waals surface area contributed by atoms with Crippen LogP contribution in [0.25, 0.3) is 0 Å². The summed E-state index contributed by atoms with van der Waals surface area (Å²) in [7, 11) is 1.51. The summed E-state index contributed by atoms with van der Waals surface area (Å²) in [4.78, 5) is 8.20. The Morgan fingerprint density at radius 3 is 3.00 bits per heavy atom. The van der Waals surface area contributed by atoms with Gasteiger partial charge in [0.2, 0.25) is 5.88 Å². The molecule has 2 heterocycles. The topological polar surface area (TPSA) is 64.5 Å². The number of benzene rings is 1. The molecule has 5 nitrogen and oxygen atoms in total. The second-order valence-electron chi connectivity index (χ2n) is 4.32. The van der Waals surface area contributed by atoms with Crippen LogP contribution in [-0.2, 0) is 6.42 Å². The van der Waals surface area contributed by atoms with Crippen molar-refractivity contribution in [2.75, 3.05) is 13.7 Å². The Hall–Kier alpha value is -2.14. The third kappa shape index (κ3) is 2.13. The van der Waals surface area contributed by atoms with Gasteiger partial charge in [0.25, 0.3) is 0 Å². The molecule has 5 heteroatoms. The molecule has 0 spiro atoms. The van der Waals surface area contributed by atoms with Crippen molar-refractivity contribution in [3.05, 3.63) is 47.4 Å². The van der Waals surface area contributed by atoms with Gasteiger partial charge in [-0.1, -0.05) is 6.07 Å². The third-order valence-electron chi connectivity index (χ3n) is 3.17. The minimum Gasteiger partial charge on any atom is -0.493 e. The number of aliphatic hydroxyl groups is 1. The summed E-state index contributed by atoms with van der Waals surface area (Å²) in [5, 5.41) is 10.4. The molecular weight excluding hydrogens is 244 g/mol. The summed E-state index contributed by atoms with van der Waals surface area (Å²) in [5.74, 6) is 1.23. The molecular formula is C14H14N2O3. The van der Waals surface area contributed by atoms with E-state index in [0.717, 1.165) is 23.3 Å². The zero-order valence-corrected chi connectivity index (χ0v) is 10.5. The Bertz CT molecular complexity index is 601. The fourth-order valence-electron chi connectivity index (χ4n) is 2.22. The number of hydrogen-bond acceptors (Lipinski definition) is 5. The Labute approximate surface area is 110 Å². The molecule has 1 N–H and O–H groups in total. The van der Waals surface area contributed by atoms with Gasteiger partial charge in [0.05, 0.1) is 13.7 Å². The number of methoxy groups -OCH3 is 1. The molecule has 98 valence electrons. The molecule has 0 bridgehead atoms. The molecule has 1 aromatic heterocycles. The average molecular weight is 258 g/mol. The highest BCUT2D eigenvalue weighted by atomic mass is 16.5. The van der Waals surface area contributed by atoms with Gasteiger partial charge in [-0.25, -0.2) is 4.98 Å². The standard InChI is InChI=1S/C14H14N2O3/c1-18-14-12(15-5-6-16-14)13(17)10-2-3-11-9(8-10)4-7-19-11/h2-3,5-6,8,13,17H,4,7H2,1H3. The van der Waals surface area contributed by atoms with Crippen LogP contribution in [0.1, 0.15) is 22.9 Å². The highest BCUT2D eigenvalue weighted by molar-refractivity contribution is 5.42. The lowest BCUT2D eigenvalue weighted by Gasteiger charge is -2.13. The first-order valence-corrected chi connectivity index (χ1v) is 6.08. The molecule has 1 aliphatic rings. The maximum Gasteiger partial charge on any atom is 0.238 e. The van der Waals surface area contributed by atoms with Gasteiger partial charge in [-0.15, -0.1) is 0 Å². The van der Waals surface area contributed by atoms with Crippen LogP contribution in [0.5, 0.6) is 11.6 Å². The van der Waals surface area contributed by atoms with Gasteiger partial charge in [0, 0.05) is 18.8 Å². The van der Waals surface area contributed by atoms with Crippen molar-refractivity contribution in [2.24, 2.45) is 0 Å². The van der Waals surface area contributed by atoms with E-state index in [-0.39, 0.29) is 0 Å². The Morgan fingerprint density at radius 2 is 2.16 bits per heavy atom. The summed E-state index contributed by atoms with van der Waals surface area (Å²) in [5.41, 5.74) is 2.30. The van der Waals surface area contributed by atoms with Gasteiger partial charge in [0.15, 0.2) is 0 Å². The molecule has 0 fully saturated rings. The van der Waals surface area contributed by atoms with Crippen LogP contribution in [0.2, 0.25) is 0 Å². The van der Waals surface area contributed by atoms with Gasteiger partial charge in [-0.2, -0.15) is 0 Å². The fraction of sp³-hybridized carbons (Fsp3) is 0.286. The van der Waals surface area contributed by atoms with E-state index in [0.29, 0.717) is 18.2 Å². The second-order valence-corrected chi connectivity index (χ2v) is 4.32. The average Bonchev–Trinajstić information content (AvgIpc) is 2.93. The molecule has 1 aliphatic heterocycles. The van der Waals surface area contributed by atoms with Crippen molar-refractivity contribution in [2.45, 2.75) is 12.5 Å². The van der Waals surface area contributed by atoms with E-state index in [9.17, 15) is 5.11 Å². The Kier molecular flexibility index (Phi) is 3.05. The van der Waals surface area contributed by atoms with Crippen LogP contribution in [0.3, 0.4) is 0 Å². The number of fused-ring (bicyclic) bond motifs is 1. The molecule has 0 amide bonds. The quantitative estimate of drug-likeness (QED) is 0.903. The number of nitrogens with zero attached hydrogens (tertiary/aromatic N) is 2. The summed E-state index contributed by atoms with van der Waals surface area (Å²) < 4.78 is 10.6. The minimum absolute atomic E-state index is 0.340. The van der Waals surface area contributed by atoms with E-state index in [1.807, 2.05) is 18.2 Å². The number of ether oxygens (including phenoxy) is 2. The highest BCUT2D eigenvalue weighted by Crippen LogP contribution is 2.31. The number of aliphatic hydroxyl groups excluding tert-OH is 1. The smallest absolute Gasteiger partial charge is 0.238 e. The SMILES string of the molecule is COc1nccnc1C(O)c1ccc2c(c1)CCO2. The zero-order valence-electron chi connectivity index (χ0n) is 10.5. The van der Waals surface area contributed by atoms with E-state index in [1.54, 1.807) is 0 Å². The second kappa shape index (κ2) is 4.85. The van der Waals surface area contributed by atoms with Gasteiger partial charge in [0.1, 0.15) is 17.5 Å². The molecule has 0 aliphatic carbocycles. The summed E-state index contributed by atoms with van der Waals surface area (Å²) in [6.07, 6.45) is 3.09. The molecule has 0 saturated carbocycles. The number of rotatable bonds is 3. The lowest BCUT2D eigenvalue weighted by molar-refractivity contribution is 0.207. The van der Waals surface area contributed by atoms with Crippen molar-refractivity contribution in [3.63, 3.8) is 0 Å². The fourth-order valence-corrected chi connectivity index (χ4v) is 2.22. The van der Waals surface area contributed by atoms with Gasteiger partial charge in [-0.05, 0) is 23.3 Å². The molecule has 1 unspecified atom stereocenters. The lowest BCUT2D eigenvalue weighted by Crippen LogP contribution is -2.06. The van der Waals surface area contributed by atoms with E-state index < -0.39 is 6.10 Å². The predicted molar refractivity (Wildman–Crippen MR) is 68.3 cm³/mol. The summed E-state index contributed by atoms with van der Waals surface area (Å²) in [6, 6.07) is 5.66. The van der Waals surface area contributed by atoms with E-state index >= 15 is 0 Å². The number of aromatic nitrogens is 2. The molecule has 19 heavy (non-hydrogen) atoms. The van der Waals surface area contributed by atoms with Crippen molar-refractivity contribution in [1.82, 2.24) is 9.97 Å². The summed E-state index contributed by atoms with van der Waals surface area (Å²) in [6.45, 7) is 0.698. The van der Waals surface area contributed by atoms with Crippen LogP contribution in [0.4, 0.5) is 0 Å². The van der Waals surface area contributed by atoms with Crippen molar-refractivity contribution >= 4 is 0 Å². The normalized spacial score (nSPS) is 14.6. The van der Waals surface area contributed by atoms with Crippen LogP contribution in [0.15, 0.2) is 30.6 Å². The Balaban J connectivity index is 1.97. The maximum atomic E-state index is 10.4. The highest BCUT2D eigenvalue weighted by Gasteiger charge is 2.20. The third-order valence-corrected chi connectivity index (χ3v) is 3.17. The first-order valence-electron chi connectivity index (χ1n) is 6.08. The van der Waals surface area contributed by atoms with Crippen LogP contribution in [0, 0.1) is 0 Å². The van der Waals surface area contributed by atoms with Crippen molar-refractivity contribution < 1.29 is 14.6 Å². The van der Waals surface area contributed by atoms with Gasteiger partial charge in [-0.3, -0.25) is 4.98 Å². The minimum atomic E-state index is -0.852. The molecule has 0 saturated heterocycles. The van der Waals surface area contributed by atoms with E-state index in [2.05, 4.69) is 9.97 Å². The van der Waals surface area contributed by atoms with Crippen LogP contribution >= 0.6 is 0 Å². The predicted octanol–water partition coefficient (Wildman–Crippen LogP) is 1.50.